The number of likely N-dealkylation sites (tertiary alicyclic amines) is 2. The van der Waals surface area contributed by atoms with Crippen molar-refractivity contribution in [3.63, 3.8) is 0 Å². The molecular weight excluding hydrogens is 799 g/mol. The van der Waals surface area contributed by atoms with Crippen LogP contribution in [0.5, 0.6) is 5.75 Å². The standard InChI is InChI=1S/C49H53N7O7/c1-26(2)43(53-48(59)61-5)46(57)56-28(4)13-19-41(56)45-50-24-39(52-45)31-14-16-33-32(20-31)25-63-42-23-34-30(21-36(33)42)15-17-37-35(34)22-38(51-37)40-18-12-27(3)55(40)47(58)44(54-49(60)62-6)29-10-8-7-9-11-29/h7-11,14-17,20-21,23-24,26-28,40-41,43-44H,12-13,18-19,22,25H2,1-6H3,(H,50,52)(H,53,59)(H,54,60)/t27-,28-,40-,41-,43-,44+/m0/s1. The van der Waals surface area contributed by atoms with E-state index in [1.165, 1.54) is 14.2 Å². The maximum absolute atomic E-state index is 14.3. The average molecular weight is 852 g/mol. The van der Waals surface area contributed by atoms with Crippen molar-refractivity contribution >= 4 is 46.2 Å². The van der Waals surface area contributed by atoms with Gasteiger partial charge in [-0.15, -0.1) is 0 Å². The molecule has 0 bridgehead atoms. The van der Waals surface area contributed by atoms with Gasteiger partial charge < -0.3 is 39.6 Å². The summed E-state index contributed by atoms with van der Waals surface area (Å²) in [6.45, 7) is 8.30. The number of H-pyrrole nitrogens is 1. The lowest BCUT2D eigenvalue weighted by Gasteiger charge is -2.32. The molecule has 14 heteroatoms. The fourth-order valence-corrected chi connectivity index (χ4v) is 9.97. The Balaban J connectivity index is 0.941. The minimum Gasteiger partial charge on any atom is -0.488 e. The van der Waals surface area contributed by atoms with Crippen LogP contribution in [0.1, 0.15) is 88.0 Å². The van der Waals surface area contributed by atoms with Gasteiger partial charge in [0.15, 0.2) is 0 Å². The monoisotopic (exact) mass is 851 g/mol. The number of aromatic amines is 1. The van der Waals surface area contributed by atoms with Crippen molar-refractivity contribution in [1.29, 1.82) is 0 Å². The molecule has 0 unspecified atom stereocenters. The zero-order valence-electron chi connectivity index (χ0n) is 36.4. The first kappa shape index (κ1) is 41.6. The van der Waals surface area contributed by atoms with Crippen molar-refractivity contribution in [3.05, 3.63) is 102 Å². The van der Waals surface area contributed by atoms with E-state index in [1.54, 1.807) is 0 Å². The van der Waals surface area contributed by atoms with E-state index < -0.39 is 24.3 Å². The molecule has 0 spiro atoms. The molecule has 0 aliphatic carbocycles. The van der Waals surface area contributed by atoms with Crippen molar-refractivity contribution in [1.82, 2.24) is 30.4 Å². The third-order valence-electron chi connectivity index (χ3n) is 13.3. The van der Waals surface area contributed by atoms with E-state index in [2.05, 4.69) is 65.0 Å². The molecule has 6 atom stereocenters. The summed E-state index contributed by atoms with van der Waals surface area (Å²) in [6.07, 6.45) is 4.31. The maximum Gasteiger partial charge on any atom is 0.407 e. The lowest BCUT2D eigenvalue weighted by Crippen LogP contribution is -2.52. The highest BCUT2D eigenvalue weighted by Gasteiger charge is 2.43. The predicted molar refractivity (Wildman–Crippen MR) is 239 cm³/mol. The van der Waals surface area contributed by atoms with Gasteiger partial charge >= 0.3 is 12.2 Å². The molecule has 5 aromatic rings. The Bertz CT molecular complexity index is 2640. The van der Waals surface area contributed by atoms with E-state index in [0.29, 0.717) is 24.4 Å². The van der Waals surface area contributed by atoms with Crippen LogP contribution in [0.25, 0.3) is 33.2 Å². The fraction of sp³-hybridized carbons (Fsp3) is 0.388. The number of aliphatic imine (C=N–C) groups is 1. The normalized spacial score (nSPS) is 20.9. The van der Waals surface area contributed by atoms with Crippen LogP contribution < -0.4 is 15.4 Å². The smallest absolute Gasteiger partial charge is 0.407 e. The second kappa shape index (κ2) is 16.9. The van der Waals surface area contributed by atoms with E-state index in [0.717, 1.165) is 87.1 Å². The Morgan fingerprint density at radius 1 is 0.810 bits per heavy atom. The van der Waals surface area contributed by atoms with Crippen LogP contribution in [0.15, 0.2) is 84.0 Å². The number of alkyl carbamates (subject to hydrolysis) is 2. The molecule has 4 amide bonds. The lowest BCUT2D eigenvalue weighted by molar-refractivity contribution is -0.137. The van der Waals surface area contributed by atoms with E-state index in [9.17, 15) is 19.2 Å². The molecule has 0 saturated carbocycles. The summed E-state index contributed by atoms with van der Waals surface area (Å²) in [5.41, 5.74) is 8.61. The minimum atomic E-state index is -0.891. The molecule has 9 rings (SSSR count). The molecule has 63 heavy (non-hydrogen) atoms. The first-order valence-corrected chi connectivity index (χ1v) is 21.8. The van der Waals surface area contributed by atoms with Crippen LogP contribution in [0, 0.1) is 5.92 Å². The summed E-state index contributed by atoms with van der Waals surface area (Å²) < 4.78 is 16.2. The minimum absolute atomic E-state index is 0.0157. The van der Waals surface area contributed by atoms with Gasteiger partial charge in [-0.05, 0) is 108 Å². The summed E-state index contributed by atoms with van der Waals surface area (Å²) in [5, 5.41) is 7.65. The highest BCUT2D eigenvalue weighted by Crippen LogP contribution is 2.45. The predicted octanol–water partition coefficient (Wildman–Crippen LogP) is 8.33. The van der Waals surface area contributed by atoms with Crippen LogP contribution in [0.3, 0.4) is 0 Å². The van der Waals surface area contributed by atoms with Crippen molar-refractivity contribution in [2.24, 2.45) is 10.9 Å². The van der Waals surface area contributed by atoms with Crippen molar-refractivity contribution in [2.45, 2.75) is 103 Å². The number of benzene rings is 4. The number of carbonyl (C=O) groups is 4. The highest BCUT2D eigenvalue weighted by atomic mass is 16.5. The third-order valence-corrected chi connectivity index (χ3v) is 13.3. The van der Waals surface area contributed by atoms with Gasteiger partial charge in [-0.1, -0.05) is 62.4 Å². The highest BCUT2D eigenvalue weighted by molar-refractivity contribution is 6.07. The van der Waals surface area contributed by atoms with E-state index in [1.807, 2.05) is 67.1 Å². The van der Waals surface area contributed by atoms with Gasteiger partial charge in [-0.2, -0.15) is 0 Å². The van der Waals surface area contributed by atoms with E-state index >= 15 is 0 Å². The second-order valence-electron chi connectivity index (χ2n) is 17.5. The lowest BCUT2D eigenvalue weighted by atomic mass is 9.90. The number of rotatable bonds is 9. The van der Waals surface area contributed by atoms with Crippen molar-refractivity contribution in [3.8, 4) is 28.1 Å². The maximum atomic E-state index is 14.3. The molecule has 1 aromatic heterocycles. The van der Waals surface area contributed by atoms with Gasteiger partial charge in [0.1, 0.15) is 30.3 Å². The number of fused-ring (bicyclic) bond motifs is 6. The van der Waals surface area contributed by atoms with Crippen LogP contribution in [0.4, 0.5) is 15.3 Å². The summed E-state index contributed by atoms with van der Waals surface area (Å²) in [6, 6.07) is 22.0. The van der Waals surface area contributed by atoms with Crippen LogP contribution in [0.2, 0.25) is 0 Å². The molecule has 2 saturated heterocycles. The second-order valence-corrected chi connectivity index (χ2v) is 17.5. The van der Waals surface area contributed by atoms with Gasteiger partial charge in [0.2, 0.25) is 5.91 Å². The van der Waals surface area contributed by atoms with Gasteiger partial charge in [0, 0.05) is 29.8 Å². The Morgan fingerprint density at radius 3 is 2.25 bits per heavy atom. The third kappa shape index (κ3) is 7.65. The molecule has 4 aliphatic heterocycles. The quantitative estimate of drug-likeness (QED) is 0.133. The molecule has 4 aromatic carbocycles. The van der Waals surface area contributed by atoms with E-state index in [4.69, 9.17) is 24.2 Å². The number of hydrogen-bond acceptors (Lipinski definition) is 9. The largest absolute Gasteiger partial charge is 0.488 e. The van der Waals surface area contributed by atoms with Crippen LogP contribution >= 0.6 is 0 Å². The number of methoxy groups -OCH3 is 2. The summed E-state index contributed by atoms with van der Waals surface area (Å²) in [4.78, 5) is 70.0. The SMILES string of the molecule is COC(=O)N[C@H](C(=O)N1[C@@H](C)CC[C@H]1c1ncc(-c2ccc3c(c2)COc2cc4c5c(ccc4cc2-3)N=C([C@@H]2CC[C@H](C)N2C(=O)[C@H](NC(=O)OC)c2ccccc2)C5)[nH]1)C(C)C. The van der Waals surface area contributed by atoms with Crippen molar-refractivity contribution < 1.29 is 33.4 Å². The van der Waals surface area contributed by atoms with Crippen molar-refractivity contribution in [2.75, 3.05) is 14.2 Å². The number of imidazole rings is 1. The Morgan fingerprint density at radius 2 is 1.52 bits per heavy atom. The zero-order valence-corrected chi connectivity index (χ0v) is 36.4. The van der Waals surface area contributed by atoms with Gasteiger partial charge in [0.25, 0.3) is 5.91 Å². The Kier molecular flexibility index (Phi) is 11.2. The number of ether oxygens (including phenoxy) is 3. The Labute approximate surface area is 366 Å². The topological polar surface area (TPSA) is 168 Å². The van der Waals surface area contributed by atoms with Gasteiger partial charge in [-0.3, -0.25) is 14.6 Å². The number of carbonyl (C=O) groups excluding carboxylic acids is 4. The molecule has 3 N–H and O–H groups in total. The van der Waals surface area contributed by atoms with Crippen LogP contribution in [-0.2, 0) is 32.1 Å². The number of hydrogen-bond donors (Lipinski definition) is 3. The molecular formula is C49H53N7O7. The number of nitrogens with one attached hydrogen (secondary N) is 3. The summed E-state index contributed by atoms with van der Waals surface area (Å²) in [5.74, 6) is 1.05. The molecule has 2 fully saturated rings. The molecule has 0 radical (unpaired) electrons. The molecule has 326 valence electrons. The Hall–Kier alpha value is -6.70. The summed E-state index contributed by atoms with van der Waals surface area (Å²) >= 11 is 0. The first-order chi connectivity index (χ1) is 30.4. The van der Waals surface area contributed by atoms with E-state index in [-0.39, 0.29) is 41.9 Å². The average Bonchev–Trinajstić information content (AvgIpc) is 4.12. The first-order valence-electron chi connectivity index (χ1n) is 21.8. The number of amides is 4. The fourth-order valence-electron chi connectivity index (χ4n) is 9.97. The van der Waals surface area contributed by atoms with Gasteiger partial charge in [-0.25, -0.2) is 14.6 Å². The molecule has 4 aliphatic rings. The number of aromatic nitrogens is 2. The zero-order chi connectivity index (χ0) is 44.1. The number of nitrogens with zero attached hydrogens (tertiary/aromatic N) is 4. The molecule has 5 heterocycles. The summed E-state index contributed by atoms with van der Waals surface area (Å²) in [7, 11) is 2.59. The van der Waals surface area contributed by atoms with Gasteiger partial charge in [0.05, 0.1) is 43.9 Å². The van der Waals surface area contributed by atoms with Crippen LogP contribution in [-0.4, -0.2) is 87.9 Å². The molecule has 14 nitrogen and oxygen atoms in total.